The Bertz CT molecular complexity index is 1070. The topological polar surface area (TPSA) is 111 Å². The molecule has 8 heteroatoms. The average molecular weight is 393 g/mol. The molecule has 0 bridgehead atoms. The Hall–Kier alpha value is -3.68. The number of carbonyl (C=O) groups excluding carboxylic acids is 3. The maximum atomic E-state index is 12.8. The number of urea groups is 1. The van der Waals surface area contributed by atoms with E-state index in [1.165, 1.54) is 13.2 Å². The lowest BCUT2D eigenvalue weighted by Gasteiger charge is -2.14. The summed E-state index contributed by atoms with van der Waals surface area (Å²) in [7, 11) is 0. The molecule has 1 atom stereocenters. The summed E-state index contributed by atoms with van der Waals surface area (Å²) in [6.45, 7) is 1.41. The number of ether oxygens (including phenoxy) is 1. The van der Waals surface area contributed by atoms with E-state index in [1.54, 1.807) is 36.4 Å². The molecule has 2 aromatic heterocycles. The quantitative estimate of drug-likeness (QED) is 0.645. The fourth-order valence-electron chi connectivity index (χ4n) is 2.84. The summed E-state index contributed by atoms with van der Waals surface area (Å²) in [6, 6.07) is 11.7. The first-order valence-electron chi connectivity index (χ1n) is 9.27. The van der Waals surface area contributed by atoms with E-state index >= 15 is 0 Å². The number of rotatable bonds is 5. The van der Waals surface area contributed by atoms with E-state index in [1.807, 2.05) is 6.07 Å². The van der Waals surface area contributed by atoms with E-state index in [2.05, 4.69) is 15.6 Å². The zero-order chi connectivity index (χ0) is 20.4. The SMILES string of the molecule is CC(OC(=O)c1cc(-c2ccco2)nc2ccccc12)C(=O)NC(=O)NC1CC1. The van der Waals surface area contributed by atoms with Gasteiger partial charge in [0.15, 0.2) is 11.9 Å². The number of para-hydroxylation sites is 1. The smallest absolute Gasteiger partial charge is 0.339 e. The number of nitrogens with one attached hydrogen (secondary N) is 2. The van der Waals surface area contributed by atoms with E-state index in [-0.39, 0.29) is 11.6 Å². The van der Waals surface area contributed by atoms with Crippen molar-refractivity contribution < 1.29 is 23.5 Å². The van der Waals surface area contributed by atoms with E-state index < -0.39 is 24.0 Å². The van der Waals surface area contributed by atoms with Gasteiger partial charge in [0.25, 0.3) is 5.91 Å². The number of fused-ring (bicyclic) bond motifs is 1. The number of hydrogen-bond donors (Lipinski definition) is 2. The van der Waals surface area contributed by atoms with Crippen molar-refractivity contribution in [3.8, 4) is 11.5 Å². The maximum absolute atomic E-state index is 12.8. The standard InChI is InChI=1S/C21H19N3O5/c1-12(19(25)24-21(27)22-13-8-9-13)29-20(26)15-11-17(18-7-4-10-28-18)23-16-6-3-2-5-14(15)16/h2-7,10-13H,8-9H2,1H3,(H2,22,24,25,27). The van der Waals surface area contributed by atoms with Crippen molar-refractivity contribution in [2.24, 2.45) is 0 Å². The molecule has 29 heavy (non-hydrogen) atoms. The van der Waals surface area contributed by atoms with Crippen LogP contribution in [0.2, 0.25) is 0 Å². The molecule has 1 fully saturated rings. The molecular formula is C21H19N3O5. The van der Waals surface area contributed by atoms with Crippen molar-refractivity contribution >= 4 is 28.8 Å². The predicted molar refractivity (Wildman–Crippen MR) is 104 cm³/mol. The summed E-state index contributed by atoms with van der Waals surface area (Å²) < 4.78 is 10.7. The monoisotopic (exact) mass is 393 g/mol. The van der Waals surface area contributed by atoms with Gasteiger partial charge in [-0.2, -0.15) is 0 Å². The Balaban J connectivity index is 1.54. The van der Waals surface area contributed by atoms with Crippen LogP contribution in [-0.4, -0.2) is 35.0 Å². The van der Waals surface area contributed by atoms with Crippen LogP contribution in [0.1, 0.15) is 30.1 Å². The summed E-state index contributed by atoms with van der Waals surface area (Å²) in [5, 5.41) is 5.42. The van der Waals surface area contributed by atoms with E-state index in [9.17, 15) is 14.4 Å². The number of amides is 3. The molecular weight excluding hydrogens is 374 g/mol. The Morgan fingerprint density at radius 1 is 1.17 bits per heavy atom. The number of hydrogen-bond acceptors (Lipinski definition) is 6. The highest BCUT2D eigenvalue weighted by molar-refractivity contribution is 6.05. The van der Waals surface area contributed by atoms with Crippen molar-refractivity contribution in [3.63, 3.8) is 0 Å². The van der Waals surface area contributed by atoms with Crippen molar-refractivity contribution in [3.05, 3.63) is 54.3 Å². The lowest BCUT2D eigenvalue weighted by Crippen LogP contribution is -2.45. The number of imide groups is 1. The first kappa shape index (κ1) is 18.7. The second-order valence-corrected chi connectivity index (χ2v) is 6.83. The molecule has 3 aromatic rings. The van der Waals surface area contributed by atoms with Crippen LogP contribution in [0, 0.1) is 0 Å². The van der Waals surface area contributed by atoms with Gasteiger partial charge in [-0.1, -0.05) is 18.2 Å². The number of nitrogens with zero attached hydrogens (tertiary/aromatic N) is 1. The summed E-state index contributed by atoms with van der Waals surface area (Å²) in [4.78, 5) is 41.2. The van der Waals surface area contributed by atoms with Gasteiger partial charge in [-0.25, -0.2) is 14.6 Å². The molecule has 1 aromatic carbocycles. The number of pyridine rings is 1. The number of benzene rings is 1. The molecule has 1 aliphatic rings. The minimum Gasteiger partial charge on any atom is -0.463 e. The van der Waals surface area contributed by atoms with Gasteiger partial charge < -0.3 is 14.5 Å². The van der Waals surface area contributed by atoms with E-state index in [0.29, 0.717) is 22.4 Å². The van der Waals surface area contributed by atoms with Gasteiger partial charge >= 0.3 is 12.0 Å². The lowest BCUT2D eigenvalue weighted by molar-refractivity contribution is -0.127. The third-order valence-corrected chi connectivity index (χ3v) is 4.51. The van der Waals surface area contributed by atoms with Crippen LogP contribution in [0.3, 0.4) is 0 Å². The normalized spacial score (nSPS) is 14.2. The highest BCUT2D eigenvalue weighted by Gasteiger charge is 2.26. The highest BCUT2D eigenvalue weighted by Crippen LogP contribution is 2.26. The van der Waals surface area contributed by atoms with Crippen molar-refractivity contribution in [1.82, 2.24) is 15.6 Å². The molecule has 3 amide bonds. The molecule has 1 unspecified atom stereocenters. The molecule has 1 saturated carbocycles. The minimum absolute atomic E-state index is 0.115. The molecule has 148 valence electrons. The highest BCUT2D eigenvalue weighted by atomic mass is 16.5. The molecule has 2 heterocycles. The second kappa shape index (κ2) is 7.75. The Morgan fingerprint density at radius 2 is 1.97 bits per heavy atom. The second-order valence-electron chi connectivity index (χ2n) is 6.83. The largest absolute Gasteiger partial charge is 0.463 e. The minimum atomic E-state index is -1.15. The molecule has 0 spiro atoms. The summed E-state index contributed by atoms with van der Waals surface area (Å²) in [6.07, 6.45) is 2.17. The Morgan fingerprint density at radius 3 is 2.69 bits per heavy atom. The molecule has 1 aliphatic carbocycles. The van der Waals surface area contributed by atoms with Crippen LogP contribution in [0.15, 0.2) is 53.1 Å². The first-order chi connectivity index (χ1) is 14.0. The van der Waals surface area contributed by atoms with Crippen LogP contribution in [-0.2, 0) is 9.53 Å². The Kier molecular flexibility index (Phi) is 4.99. The average Bonchev–Trinajstić information content (AvgIpc) is 3.34. The van der Waals surface area contributed by atoms with Crippen LogP contribution in [0.5, 0.6) is 0 Å². The predicted octanol–water partition coefficient (Wildman–Crippen LogP) is 3.03. The number of esters is 1. The maximum Gasteiger partial charge on any atom is 0.339 e. The van der Waals surface area contributed by atoms with Crippen LogP contribution < -0.4 is 10.6 Å². The van der Waals surface area contributed by atoms with E-state index in [0.717, 1.165) is 12.8 Å². The molecule has 0 radical (unpaired) electrons. The summed E-state index contributed by atoms with van der Waals surface area (Å²) in [5.74, 6) is -0.880. The third-order valence-electron chi connectivity index (χ3n) is 4.51. The fourth-order valence-corrected chi connectivity index (χ4v) is 2.84. The summed E-state index contributed by atoms with van der Waals surface area (Å²) in [5.41, 5.74) is 1.32. The van der Waals surface area contributed by atoms with Gasteiger partial charge in [-0.3, -0.25) is 10.1 Å². The van der Waals surface area contributed by atoms with Crippen LogP contribution >= 0.6 is 0 Å². The zero-order valence-electron chi connectivity index (χ0n) is 15.7. The molecule has 0 saturated heterocycles. The number of aromatic nitrogens is 1. The number of carbonyl (C=O) groups is 3. The molecule has 0 aliphatic heterocycles. The molecule has 8 nitrogen and oxygen atoms in total. The van der Waals surface area contributed by atoms with Gasteiger partial charge in [0, 0.05) is 11.4 Å². The fraction of sp³-hybridized carbons (Fsp3) is 0.238. The van der Waals surface area contributed by atoms with Gasteiger partial charge in [0.1, 0.15) is 5.69 Å². The zero-order valence-corrected chi connectivity index (χ0v) is 15.7. The summed E-state index contributed by atoms with van der Waals surface area (Å²) >= 11 is 0. The third kappa shape index (κ3) is 4.26. The van der Waals surface area contributed by atoms with Crippen LogP contribution in [0.4, 0.5) is 4.79 Å². The van der Waals surface area contributed by atoms with Gasteiger partial charge in [0.2, 0.25) is 0 Å². The van der Waals surface area contributed by atoms with Crippen molar-refractivity contribution in [1.29, 1.82) is 0 Å². The molecule has 2 N–H and O–H groups in total. The van der Waals surface area contributed by atoms with Gasteiger partial charge in [-0.05, 0) is 44.0 Å². The molecule has 4 rings (SSSR count). The van der Waals surface area contributed by atoms with Gasteiger partial charge in [0.05, 0.1) is 17.3 Å². The number of furan rings is 1. The van der Waals surface area contributed by atoms with Crippen molar-refractivity contribution in [2.75, 3.05) is 0 Å². The first-order valence-corrected chi connectivity index (χ1v) is 9.27. The van der Waals surface area contributed by atoms with Crippen molar-refractivity contribution in [2.45, 2.75) is 31.9 Å². The van der Waals surface area contributed by atoms with Gasteiger partial charge in [-0.15, -0.1) is 0 Å². The van der Waals surface area contributed by atoms with Crippen LogP contribution in [0.25, 0.3) is 22.4 Å². The van der Waals surface area contributed by atoms with E-state index in [4.69, 9.17) is 9.15 Å². The lowest BCUT2D eigenvalue weighted by atomic mass is 10.1. The Labute approximate surface area is 166 Å².